The fourth-order valence-corrected chi connectivity index (χ4v) is 3.75. The topological polar surface area (TPSA) is 69.6 Å². The third-order valence-electron chi connectivity index (χ3n) is 5.30. The van der Waals surface area contributed by atoms with Crippen LogP contribution in [0.3, 0.4) is 0 Å². The van der Waals surface area contributed by atoms with Gasteiger partial charge in [0.1, 0.15) is 17.3 Å². The Morgan fingerprint density at radius 2 is 2.07 bits per heavy atom. The molecule has 1 unspecified atom stereocenters. The number of carbonyl (C=O) groups excluding carboxylic acids is 2. The molecule has 146 valence electrons. The van der Waals surface area contributed by atoms with Crippen molar-refractivity contribution in [3.8, 4) is 0 Å². The van der Waals surface area contributed by atoms with E-state index in [1.807, 2.05) is 6.07 Å². The first kappa shape index (κ1) is 18.3. The average Bonchev–Trinajstić information content (AvgIpc) is 3.32. The Morgan fingerprint density at radius 3 is 2.79 bits per heavy atom. The van der Waals surface area contributed by atoms with Gasteiger partial charge < -0.3 is 9.80 Å². The molecule has 7 nitrogen and oxygen atoms in total. The zero-order valence-corrected chi connectivity index (χ0v) is 15.7. The minimum atomic E-state index is -0.726. The van der Waals surface area contributed by atoms with Crippen molar-refractivity contribution in [2.45, 2.75) is 31.8 Å². The van der Waals surface area contributed by atoms with E-state index in [0.29, 0.717) is 43.3 Å². The third-order valence-corrected chi connectivity index (χ3v) is 5.30. The summed E-state index contributed by atoms with van der Waals surface area (Å²) in [5, 5.41) is 0. The van der Waals surface area contributed by atoms with Crippen molar-refractivity contribution < 1.29 is 14.0 Å². The van der Waals surface area contributed by atoms with Gasteiger partial charge in [0.15, 0.2) is 18.3 Å². The molecule has 2 amide bonds. The summed E-state index contributed by atoms with van der Waals surface area (Å²) in [5.74, 6) is 0.744. The minimum Gasteiger partial charge on any atom is -0.344 e. The molecule has 8 heteroatoms. The number of anilines is 2. The number of nitrogens with zero attached hydrogens (tertiary/aromatic N) is 5. The van der Waals surface area contributed by atoms with Gasteiger partial charge in [-0.1, -0.05) is 12.1 Å². The van der Waals surface area contributed by atoms with E-state index in [0.717, 1.165) is 24.7 Å². The molecule has 1 aromatic carbocycles. The molecule has 2 aromatic rings. The first-order valence-corrected chi connectivity index (χ1v) is 9.45. The molecule has 3 heterocycles. The summed E-state index contributed by atoms with van der Waals surface area (Å²) in [6.07, 6.45) is 4.71. The largest absolute Gasteiger partial charge is 0.344 e. The number of likely N-dealkylation sites (N-methyl/N-ethyl adjacent to an activating group) is 1. The quantitative estimate of drug-likeness (QED) is 0.759. The molecule has 0 saturated carbocycles. The second kappa shape index (κ2) is 7.53. The van der Waals surface area contributed by atoms with E-state index in [-0.39, 0.29) is 11.8 Å². The van der Waals surface area contributed by atoms with E-state index >= 15 is 0 Å². The van der Waals surface area contributed by atoms with E-state index in [1.54, 1.807) is 29.1 Å². The third kappa shape index (κ3) is 3.30. The highest BCUT2D eigenvalue weighted by Crippen LogP contribution is 2.37. The molecule has 0 N–H and O–H groups in total. The van der Waals surface area contributed by atoms with Gasteiger partial charge in [-0.05, 0) is 37.0 Å². The van der Waals surface area contributed by atoms with Gasteiger partial charge in [-0.3, -0.25) is 4.79 Å². The highest BCUT2D eigenvalue weighted by molar-refractivity contribution is 6.02. The molecule has 1 aromatic heterocycles. The lowest BCUT2D eigenvalue weighted by Gasteiger charge is -2.28. The number of hydrogen-bond acceptors (Lipinski definition) is 5. The Morgan fingerprint density at radius 1 is 1.29 bits per heavy atom. The van der Waals surface area contributed by atoms with Gasteiger partial charge in [0.2, 0.25) is 0 Å². The maximum absolute atomic E-state index is 13.4. The molecule has 0 spiro atoms. The molecule has 0 aliphatic carbocycles. The van der Waals surface area contributed by atoms with Crippen LogP contribution in [0, 0.1) is 5.82 Å². The van der Waals surface area contributed by atoms with Gasteiger partial charge in [0, 0.05) is 26.6 Å². The molecule has 4 rings (SSSR count). The van der Waals surface area contributed by atoms with Crippen molar-refractivity contribution in [1.29, 1.82) is 0 Å². The van der Waals surface area contributed by atoms with Crippen molar-refractivity contribution >= 4 is 23.8 Å². The van der Waals surface area contributed by atoms with E-state index in [2.05, 4.69) is 9.97 Å². The highest BCUT2D eigenvalue weighted by atomic mass is 19.1. The van der Waals surface area contributed by atoms with E-state index in [4.69, 9.17) is 0 Å². The molecule has 0 radical (unpaired) electrons. The molecular formula is C20H22FN5O2. The van der Waals surface area contributed by atoms with Gasteiger partial charge in [0.25, 0.3) is 0 Å². The molecule has 2 aliphatic heterocycles. The Hall–Kier alpha value is -3.03. The smallest absolute Gasteiger partial charge is 0.327 e. The Kier molecular flexibility index (Phi) is 4.93. The summed E-state index contributed by atoms with van der Waals surface area (Å²) in [6.45, 7) is 1.38. The fourth-order valence-electron chi connectivity index (χ4n) is 3.75. The normalized spacial score (nSPS) is 18.5. The number of aryl methyl sites for hydroxylation is 2. The second-order valence-corrected chi connectivity index (χ2v) is 7.13. The molecule has 1 saturated heterocycles. The van der Waals surface area contributed by atoms with Crippen LogP contribution in [-0.4, -0.2) is 53.5 Å². The minimum absolute atomic E-state index is 0.199. The summed E-state index contributed by atoms with van der Waals surface area (Å²) >= 11 is 0. The fraction of sp³-hybridized carbons (Fsp3) is 0.400. The van der Waals surface area contributed by atoms with Crippen molar-refractivity contribution in [3.63, 3.8) is 0 Å². The van der Waals surface area contributed by atoms with Crippen molar-refractivity contribution in [3.05, 3.63) is 47.7 Å². The van der Waals surface area contributed by atoms with Crippen LogP contribution in [0.2, 0.25) is 0 Å². The van der Waals surface area contributed by atoms with Crippen molar-refractivity contribution in [2.75, 3.05) is 29.9 Å². The zero-order valence-electron chi connectivity index (χ0n) is 15.7. The highest BCUT2D eigenvalue weighted by Gasteiger charge is 2.41. The number of likely N-dealkylation sites (tertiary alicyclic amines) is 1. The number of urea groups is 1. The Labute approximate surface area is 162 Å². The number of benzene rings is 1. The van der Waals surface area contributed by atoms with Gasteiger partial charge >= 0.3 is 6.03 Å². The van der Waals surface area contributed by atoms with Crippen LogP contribution in [0.25, 0.3) is 0 Å². The number of hydrogen-bond donors (Lipinski definition) is 0. The van der Waals surface area contributed by atoms with Gasteiger partial charge in [0.05, 0.1) is 6.20 Å². The van der Waals surface area contributed by atoms with Crippen molar-refractivity contribution in [2.24, 2.45) is 0 Å². The van der Waals surface area contributed by atoms with Crippen LogP contribution in [0.5, 0.6) is 0 Å². The summed E-state index contributed by atoms with van der Waals surface area (Å²) in [7, 11) is 1.75. The number of fused-ring (bicyclic) bond motifs is 1. The summed E-state index contributed by atoms with van der Waals surface area (Å²) in [6, 6.07) is 6.24. The molecular weight excluding hydrogens is 361 g/mol. The van der Waals surface area contributed by atoms with E-state index in [9.17, 15) is 14.0 Å². The molecule has 1 fully saturated rings. The summed E-state index contributed by atoms with van der Waals surface area (Å²) in [4.78, 5) is 38.6. The van der Waals surface area contributed by atoms with Crippen LogP contribution < -0.4 is 9.80 Å². The molecule has 28 heavy (non-hydrogen) atoms. The average molecular weight is 383 g/mol. The number of aromatic nitrogens is 2. The maximum atomic E-state index is 13.4. The van der Waals surface area contributed by atoms with Crippen LogP contribution >= 0.6 is 0 Å². The van der Waals surface area contributed by atoms with Crippen LogP contribution in [0.1, 0.15) is 24.2 Å². The monoisotopic (exact) mass is 383 g/mol. The molecule has 1 atom stereocenters. The lowest BCUT2D eigenvalue weighted by atomic mass is 10.1. The van der Waals surface area contributed by atoms with Crippen molar-refractivity contribution in [1.82, 2.24) is 14.9 Å². The lowest BCUT2D eigenvalue weighted by Crippen LogP contribution is -2.51. The molecule has 0 bridgehead atoms. The predicted molar refractivity (Wildman–Crippen MR) is 103 cm³/mol. The van der Waals surface area contributed by atoms with Gasteiger partial charge in [-0.15, -0.1) is 0 Å². The van der Waals surface area contributed by atoms with Gasteiger partial charge in [-0.2, -0.15) is 0 Å². The first-order chi connectivity index (χ1) is 13.6. The Balaban J connectivity index is 1.59. The maximum Gasteiger partial charge on any atom is 0.327 e. The molecule has 2 aliphatic rings. The number of rotatable bonds is 4. The van der Waals surface area contributed by atoms with Crippen LogP contribution in [0.4, 0.5) is 20.7 Å². The number of halogens is 1. The van der Waals surface area contributed by atoms with E-state index in [1.165, 1.54) is 17.0 Å². The number of aldehydes is 1. The predicted octanol–water partition coefficient (Wildman–Crippen LogP) is 2.40. The first-order valence-electron chi connectivity index (χ1n) is 9.45. The number of carbonyl (C=O) groups is 2. The second-order valence-electron chi connectivity index (χ2n) is 7.13. The van der Waals surface area contributed by atoms with Crippen LogP contribution in [-0.2, 0) is 17.6 Å². The SMILES string of the molecule is CN1c2cnc(CCc3cccc(F)c3)nc2N(C(=O)N2CCCC2)C1C=O. The van der Waals surface area contributed by atoms with Crippen LogP contribution in [0.15, 0.2) is 30.5 Å². The Bertz CT molecular complexity index is 900. The lowest BCUT2D eigenvalue weighted by molar-refractivity contribution is -0.108. The number of amides is 2. The van der Waals surface area contributed by atoms with E-state index < -0.39 is 6.17 Å². The summed E-state index contributed by atoms with van der Waals surface area (Å²) < 4.78 is 13.4. The van der Waals surface area contributed by atoms with Gasteiger partial charge in [-0.25, -0.2) is 24.1 Å². The standard InChI is InChI=1S/C20H22FN5O2/c1-24-16-12-22-17(8-7-14-5-4-6-15(21)11-14)23-19(16)26(18(24)13-27)20(28)25-9-2-3-10-25/h4-6,11-13,18H,2-3,7-10H2,1H3. The zero-order chi connectivity index (χ0) is 19.7. The summed E-state index contributed by atoms with van der Waals surface area (Å²) in [5.41, 5.74) is 1.51.